The van der Waals surface area contributed by atoms with Gasteiger partial charge in [-0.3, -0.25) is 9.89 Å². The van der Waals surface area contributed by atoms with Crippen LogP contribution in [0.4, 0.5) is 0 Å². The number of rotatable bonds is 7. The molecule has 0 radical (unpaired) electrons. The first kappa shape index (κ1) is 19.3. The lowest BCUT2D eigenvalue weighted by Crippen LogP contribution is -2.37. The number of hydrogen-bond acceptors (Lipinski definition) is 3. The number of likely N-dealkylation sites (tertiary alicyclic amines) is 1. The molecule has 0 spiro atoms. The van der Waals surface area contributed by atoms with E-state index in [1.165, 1.54) is 19.3 Å². The number of nitrogens with two attached hydrogens (primary N) is 1. The van der Waals surface area contributed by atoms with Crippen molar-refractivity contribution in [2.45, 2.75) is 45.1 Å². The molecule has 5 nitrogen and oxygen atoms in total. The van der Waals surface area contributed by atoms with Crippen LogP contribution in [0.1, 0.15) is 50.8 Å². The molecule has 22 heavy (non-hydrogen) atoms. The molecule has 1 aromatic rings. The highest BCUT2D eigenvalue weighted by atomic mass is 127. The first-order valence-corrected chi connectivity index (χ1v) is 8.12. The van der Waals surface area contributed by atoms with Crippen LogP contribution in [0.25, 0.3) is 0 Å². The lowest BCUT2D eigenvalue weighted by molar-refractivity contribution is 0.150. The van der Waals surface area contributed by atoms with Crippen LogP contribution < -0.4 is 11.1 Å². The van der Waals surface area contributed by atoms with Crippen molar-refractivity contribution in [2.24, 2.45) is 10.7 Å². The van der Waals surface area contributed by atoms with Crippen molar-refractivity contribution in [3.05, 3.63) is 24.2 Å². The van der Waals surface area contributed by atoms with Crippen molar-refractivity contribution in [3.8, 4) is 0 Å². The van der Waals surface area contributed by atoms with Gasteiger partial charge in [0.05, 0.1) is 18.8 Å². The molecule has 0 bridgehead atoms. The maximum atomic E-state index is 5.94. The van der Waals surface area contributed by atoms with E-state index in [4.69, 9.17) is 10.2 Å². The molecule has 0 aliphatic carbocycles. The van der Waals surface area contributed by atoms with E-state index in [2.05, 4.69) is 22.1 Å². The first-order chi connectivity index (χ1) is 10.3. The number of nitrogens with zero attached hydrogens (tertiary/aromatic N) is 2. The number of guanidine groups is 1. The highest BCUT2D eigenvalue weighted by Gasteiger charge is 2.24. The third kappa shape index (κ3) is 6.16. The molecule has 1 aliphatic heterocycles. The van der Waals surface area contributed by atoms with Gasteiger partial charge < -0.3 is 15.5 Å². The Morgan fingerprint density at radius 3 is 2.82 bits per heavy atom. The Kier molecular flexibility index (Phi) is 9.54. The van der Waals surface area contributed by atoms with E-state index >= 15 is 0 Å². The largest absolute Gasteiger partial charge is 0.468 e. The normalized spacial score (nSPS) is 17.8. The van der Waals surface area contributed by atoms with E-state index in [-0.39, 0.29) is 30.0 Å². The van der Waals surface area contributed by atoms with E-state index in [0.29, 0.717) is 12.5 Å². The summed E-state index contributed by atoms with van der Waals surface area (Å²) in [6.07, 6.45) is 7.84. The van der Waals surface area contributed by atoms with Crippen molar-refractivity contribution < 1.29 is 4.42 Å². The molecule has 1 unspecified atom stereocenters. The Balaban J connectivity index is 0.00000242. The number of furan rings is 1. The monoisotopic (exact) mass is 420 g/mol. The van der Waals surface area contributed by atoms with Gasteiger partial charge in [0.2, 0.25) is 0 Å². The summed E-state index contributed by atoms with van der Waals surface area (Å²) in [6, 6.07) is 4.18. The van der Waals surface area contributed by atoms with E-state index in [0.717, 1.165) is 38.2 Å². The number of nitrogens with one attached hydrogen (secondary N) is 1. The first-order valence-electron chi connectivity index (χ1n) is 8.12. The standard InChI is InChI=1S/C16H28N4O.HI/c1-2-3-9-18-16(17)19-13-14(15-8-7-12-21-15)20-10-5-4-6-11-20;/h7-8,12,14H,2-6,9-11,13H2,1H3,(H3,17,18,19);1H. The van der Waals surface area contributed by atoms with Gasteiger partial charge >= 0.3 is 0 Å². The van der Waals surface area contributed by atoms with Gasteiger partial charge in [0.25, 0.3) is 0 Å². The predicted molar refractivity (Wildman–Crippen MR) is 102 cm³/mol. The molecule has 3 N–H and O–H groups in total. The molecule has 1 aromatic heterocycles. The second kappa shape index (κ2) is 10.9. The van der Waals surface area contributed by atoms with Crippen LogP contribution in [0.2, 0.25) is 0 Å². The summed E-state index contributed by atoms with van der Waals surface area (Å²) >= 11 is 0. The minimum atomic E-state index is 0. The lowest BCUT2D eigenvalue weighted by Gasteiger charge is -2.32. The summed E-state index contributed by atoms with van der Waals surface area (Å²) in [5.41, 5.74) is 5.94. The molecule has 0 amide bonds. The van der Waals surface area contributed by atoms with Crippen molar-refractivity contribution in [3.63, 3.8) is 0 Å². The van der Waals surface area contributed by atoms with Gasteiger partial charge in [-0.25, -0.2) is 0 Å². The molecule has 1 aliphatic rings. The molecule has 2 heterocycles. The fourth-order valence-corrected chi connectivity index (χ4v) is 2.73. The average Bonchev–Trinajstić information content (AvgIpc) is 3.03. The zero-order valence-electron chi connectivity index (χ0n) is 13.5. The Morgan fingerprint density at radius 1 is 1.41 bits per heavy atom. The summed E-state index contributed by atoms with van der Waals surface area (Å²) in [5.74, 6) is 1.53. The van der Waals surface area contributed by atoms with Gasteiger partial charge in [0.15, 0.2) is 5.96 Å². The molecular weight excluding hydrogens is 391 g/mol. The molecule has 1 atom stereocenters. The number of aliphatic imine (C=N–C) groups is 1. The van der Waals surface area contributed by atoms with Gasteiger partial charge in [0.1, 0.15) is 5.76 Å². The molecule has 126 valence electrons. The maximum Gasteiger partial charge on any atom is 0.188 e. The molecule has 2 rings (SSSR count). The molecule has 6 heteroatoms. The predicted octanol–water partition coefficient (Wildman–Crippen LogP) is 3.13. The van der Waals surface area contributed by atoms with Crippen LogP contribution in [0, 0.1) is 0 Å². The summed E-state index contributed by atoms with van der Waals surface area (Å²) in [5, 5.41) is 3.17. The lowest BCUT2D eigenvalue weighted by atomic mass is 10.1. The smallest absolute Gasteiger partial charge is 0.188 e. The molecule has 0 saturated carbocycles. The zero-order chi connectivity index (χ0) is 14.9. The van der Waals surface area contributed by atoms with E-state index in [1.54, 1.807) is 6.26 Å². The minimum absolute atomic E-state index is 0. The van der Waals surface area contributed by atoms with Crippen molar-refractivity contribution in [1.82, 2.24) is 10.2 Å². The van der Waals surface area contributed by atoms with Gasteiger partial charge in [-0.05, 0) is 44.5 Å². The highest BCUT2D eigenvalue weighted by molar-refractivity contribution is 14.0. The SMILES string of the molecule is CCCCNC(N)=NCC(c1ccco1)N1CCCCC1.I. The highest BCUT2D eigenvalue weighted by Crippen LogP contribution is 2.25. The third-order valence-corrected chi connectivity index (χ3v) is 3.97. The van der Waals surface area contributed by atoms with Crippen molar-refractivity contribution in [2.75, 3.05) is 26.2 Å². The zero-order valence-corrected chi connectivity index (χ0v) is 15.8. The van der Waals surface area contributed by atoms with Crippen LogP contribution in [0.3, 0.4) is 0 Å². The van der Waals surface area contributed by atoms with Crippen LogP contribution in [-0.4, -0.2) is 37.0 Å². The van der Waals surface area contributed by atoms with Gasteiger partial charge in [-0.1, -0.05) is 19.8 Å². The van der Waals surface area contributed by atoms with Crippen LogP contribution in [-0.2, 0) is 0 Å². The average molecular weight is 420 g/mol. The third-order valence-electron chi connectivity index (χ3n) is 3.97. The topological polar surface area (TPSA) is 66.8 Å². The van der Waals surface area contributed by atoms with Gasteiger partial charge in [-0.2, -0.15) is 0 Å². The van der Waals surface area contributed by atoms with Crippen molar-refractivity contribution >= 4 is 29.9 Å². The number of halogens is 1. The quantitative estimate of drug-likeness (QED) is 0.308. The Hall–Kier alpha value is -0.760. The van der Waals surface area contributed by atoms with Crippen LogP contribution >= 0.6 is 24.0 Å². The molecular formula is C16H29IN4O. The van der Waals surface area contributed by atoms with Gasteiger partial charge in [-0.15, -0.1) is 24.0 Å². The van der Waals surface area contributed by atoms with Crippen molar-refractivity contribution in [1.29, 1.82) is 0 Å². The summed E-state index contributed by atoms with van der Waals surface area (Å²) < 4.78 is 5.61. The number of hydrogen-bond donors (Lipinski definition) is 2. The maximum absolute atomic E-state index is 5.94. The van der Waals surface area contributed by atoms with E-state index < -0.39 is 0 Å². The van der Waals surface area contributed by atoms with E-state index in [9.17, 15) is 0 Å². The fourth-order valence-electron chi connectivity index (χ4n) is 2.73. The van der Waals surface area contributed by atoms with Gasteiger partial charge in [0, 0.05) is 6.54 Å². The van der Waals surface area contributed by atoms with Crippen LogP contribution in [0.5, 0.6) is 0 Å². The summed E-state index contributed by atoms with van der Waals surface area (Å²) in [6.45, 7) is 5.94. The van der Waals surface area contributed by atoms with Crippen LogP contribution in [0.15, 0.2) is 27.8 Å². The van der Waals surface area contributed by atoms with E-state index in [1.807, 2.05) is 12.1 Å². The second-order valence-electron chi connectivity index (χ2n) is 5.63. The molecule has 1 fully saturated rings. The Bertz CT molecular complexity index is 416. The number of piperidine rings is 1. The summed E-state index contributed by atoms with van der Waals surface area (Å²) in [7, 11) is 0. The Labute approximate surface area is 150 Å². The Morgan fingerprint density at radius 2 is 2.18 bits per heavy atom. The number of unbranched alkanes of at least 4 members (excludes halogenated alkanes) is 1. The summed E-state index contributed by atoms with van der Waals surface area (Å²) in [4.78, 5) is 6.97. The second-order valence-corrected chi connectivity index (χ2v) is 5.63. The minimum Gasteiger partial charge on any atom is -0.468 e. The molecule has 1 saturated heterocycles. The fraction of sp³-hybridized carbons (Fsp3) is 0.688. The molecule has 0 aromatic carbocycles.